The monoisotopic (exact) mass is 594 g/mol. The third kappa shape index (κ3) is 7.37. The van der Waals surface area contributed by atoms with Gasteiger partial charge in [-0.25, -0.2) is 18.1 Å². The molecule has 0 fully saturated rings. The molecule has 1 atom stereocenters. The summed E-state index contributed by atoms with van der Waals surface area (Å²) in [4.78, 5) is 33.0. The van der Waals surface area contributed by atoms with Crippen molar-refractivity contribution in [1.82, 2.24) is 14.3 Å². The Morgan fingerprint density at radius 2 is 1.58 bits per heavy atom. The molecule has 0 saturated heterocycles. The summed E-state index contributed by atoms with van der Waals surface area (Å²) in [5, 5.41) is 1.62. The number of aryl methyl sites for hydroxylation is 1. The minimum atomic E-state index is -4.21. The number of hydrogen-bond acceptors (Lipinski definition) is 5. The first-order valence-corrected chi connectivity index (χ1v) is 15.8. The van der Waals surface area contributed by atoms with Gasteiger partial charge in [-0.1, -0.05) is 72.8 Å². The molecule has 9 heteroatoms. The van der Waals surface area contributed by atoms with Crippen LogP contribution >= 0.6 is 0 Å². The molecule has 0 aliphatic rings. The van der Waals surface area contributed by atoms with Gasteiger partial charge in [0, 0.05) is 31.2 Å². The van der Waals surface area contributed by atoms with Crippen LogP contribution in [-0.2, 0) is 32.6 Å². The second-order valence-corrected chi connectivity index (χ2v) is 12.1. The summed E-state index contributed by atoms with van der Waals surface area (Å²) in [7, 11) is -4.21. The first-order valence-electron chi connectivity index (χ1n) is 14.3. The summed E-state index contributed by atoms with van der Waals surface area (Å²) in [6, 6.07) is 29.3. The number of fused-ring (bicyclic) bond motifs is 1. The van der Waals surface area contributed by atoms with Crippen molar-refractivity contribution in [2.24, 2.45) is 5.92 Å². The minimum Gasteiger partial charge on any atom is -0.333 e. The Balaban J connectivity index is 1.32. The van der Waals surface area contributed by atoms with E-state index in [1.165, 1.54) is 17.0 Å². The molecule has 1 unspecified atom stereocenters. The van der Waals surface area contributed by atoms with Crippen LogP contribution in [0.4, 0.5) is 5.69 Å². The molecular weight excluding hydrogens is 560 g/mol. The molecule has 4 aromatic carbocycles. The lowest BCUT2D eigenvalue weighted by molar-refractivity contribution is -0.133. The van der Waals surface area contributed by atoms with Gasteiger partial charge in [0.1, 0.15) is 5.92 Å². The summed E-state index contributed by atoms with van der Waals surface area (Å²) in [5.41, 5.74) is 2.85. The van der Waals surface area contributed by atoms with Crippen LogP contribution in [0.25, 0.3) is 10.8 Å². The van der Waals surface area contributed by atoms with E-state index in [1.54, 1.807) is 30.7 Å². The minimum absolute atomic E-state index is 0.0306. The lowest BCUT2D eigenvalue weighted by atomic mass is 9.97. The molecule has 5 rings (SSSR count). The molecule has 1 aromatic heterocycles. The number of nitrogens with one attached hydrogen (secondary N) is 1. The average Bonchev–Trinajstić information content (AvgIpc) is 3.53. The van der Waals surface area contributed by atoms with Crippen molar-refractivity contribution in [3.63, 3.8) is 0 Å². The van der Waals surface area contributed by atoms with Crippen LogP contribution in [0.2, 0.25) is 0 Å². The van der Waals surface area contributed by atoms with E-state index < -0.39 is 27.8 Å². The van der Waals surface area contributed by atoms with E-state index in [-0.39, 0.29) is 11.3 Å². The predicted molar refractivity (Wildman–Crippen MR) is 168 cm³/mol. The highest BCUT2D eigenvalue weighted by Crippen LogP contribution is 2.23. The molecule has 0 radical (unpaired) electrons. The van der Waals surface area contributed by atoms with Crippen LogP contribution in [0.5, 0.6) is 0 Å². The molecule has 43 heavy (non-hydrogen) atoms. The number of aromatic nitrogens is 2. The highest BCUT2D eigenvalue weighted by atomic mass is 32.2. The standard InChI is InChI=1S/C34H34N4O4S/c1-2-38(30-12-4-3-5-13-30)34(40)32(14-8-9-26-15-17-27(18-16-26)24-37-22-21-35-25-37)33(39)36-43(41,42)31-20-19-28-10-6-7-11-29(28)23-31/h3-7,10-13,15-23,25,32H,2,8-9,14,24H2,1H3,(H,36,39). The number of carbonyl (C=O) groups is 2. The summed E-state index contributed by atoms with van der Waals surface area (Å²) < 4.78 is 30.8. The third-order valence-corrected chi connectivity index (χ3v) is 8.78. The van der Waals surface area contributed by atoms with Crippen molar-refractivity contribution in [2.45, 2.75) is 37.6 Å². The highest BCUT2D eigenvalue weighted by molar-refractivity contribution is 7.90. The highest BCUT2D eigenvalue weighted by Gasteiger charge is 2.33. The quantitative estimate of drug-likeness (QED) is 0.190. The molecule has 0 aliphatic heterocycles. The number of hydrogen-bond donors (Lipinski definition) is 1. The second kappa shape index (κ2) is 13.5. The van der Waals surface area contributed by atoms with Crippen molar-refractivity contribution in [3.8, 4) is 0 Å². The number of carbonyl (C=O) groups excluding carboxylic acids is 2. The number of benzene rings is 4. The molecule has 1 N–H and O–H groups in total. The number of nitrogens with zero attached hydrogens (tertiary/aromatic N) is 3. The SMILES string of the molecule is CCN(C(=O)C(CCCc1ccc(Cn2ccnc2)cc1)C(=O)NS(=O)(=O)c1ccc2ccccc2c1)c1ccccc1. The number of rotatable bonds is 12. The van der Waals surface area contributed by atoms with Gasteiger partial charge in [-0.2, -0.15) is 0 Å². The van der Waals surface area contributed by atoms with Gasteiger partial charge in [0.05, 0.1) is 11.2 Å². The Morgan fingerprint density at radius 1 is 0.884 bits per heavy atom. The van der Waals surface area contributed by atoms with Crippen LogP contribution in [-0.4, -0.2) is 36.3 Å². The number of imidazole rings is 1. The lowest BCUT2D eigenvalue weighted by Gasteiger charge is -2.26. The fraction of sp³-hybridized carbons (Fsp3) is 0.206. The lowest BCUT2D eigenvalue weighted by Crippen LogP contribution is -2.45. The van der Waals surface area contributed by atoms with Gasteiger partial charge >= 0.3 is 0 Å². The van der Waals surface area contributed by atoms with Crippen molar-refractivity contribution in [1.29, 1.82) is 0 Å². The Kier molecular flexibility index (Phi) is 9.32. The van der Waals surface area contributed by atoms with Gasteiger partial charge in [0.25, 0.3) is 10.0 Å². The Labute approximate surface area is 252 Å². The van der Waals surface area contributed by atoms with E-state index in [4.69, 9.17) is 0 Å². The normalized spacial score (nSPS) is 12.1. The van der Waals surface area contributed by atoms with E-state index in [9.17, 15) is 18.0 Å². The Bertz CT molecular complexity index is 1790. The zero-order valence-electron chi connectivity index (χ0n) is 24.0. The Hall–Kier alpha value is -4.76. The van der Waals surface area contributed by atoms with E-state index in [0.717, 1.165) is 28.4 Å². The largest absolute Gasteiger partial charge is 0.333 e. The van der Waals surface area contributed by atoms with Gasteiger partial charge in [0.15, 0.2) is 0 Å². The fourth-order valence-electron chi connectivity index (χ4n) is 5.14. The number of amides is 2. The third-order valence-electron chi connectivity index (χ3n) is 7.44. The van der Waals surface area contributed by atoms with Gasteiger partial charge in [-0.3, -0.25) is 9.59 Å². The Morgan fingerprint density at radius 3 is 2.28 bits per heavy atom. The fourth-order valence-corrected chi connectivity index (χ4v) is 6.19. The molecule has 0 spiro atoms. The average molecular weight is 595 g/mol. The van der Waals surface area contributed by atoms with Crippen molar-refractivity contribution < 1.29 is 18.0 Å². The molecule has 8 nitrogen and oxygen atoms in total. The topological polar surface area (TPSA) is 101 Å². The second-order valence-electron chi connectivity index (χ2n) is 10.4. The first kappa shape index (κ1) is 29.7. The summed E-state index contributed by atoms with van der Waals surface area (Å²) in [5.74, 6) is -2.45. The van der Waals surface area contributed by atoms with Gasteiger partial charge in [-0.15, -0.1) is 0 Å². The van der Waals surface area contributed by atoms with Gasteiger partial charge in [-0.05, 0) is 72.4 Å². The van der Waals surface area contributed by atoms with Crippen LogP contribution in [0, 0.1) is 5.92 Å². The van der Waals surface area contributed by atoms with Crippen molar-refractivity contribution in [3.05, 3.63) is 127 Å². The zero-order valence-corrected chi connectivity index (χ0v) is 24.8. The molecule has 1 heterocycles. The van der Waals surface area contributed by atoms with Crippen molar-refractivity contribution in [2.75, 3.05) is 11.4 Å². The molecule has 0 saturated carbocycles. The summed E-state index contributed by atoms with van der Waals surface area (Å²) in [6.07, 6.45) is 6.77. The summed E-state index contributed by atoms with van der Waals surface area (Å²) in [6.45, 7) is 2.88. The maximum absolute atomic E-state index is 13.8. The molecule has 0 bridgehead atoms. The van der Waals surface area contributed by atoms with Gasteiger partial charge < -0.3 is 9.47 Å². The summed E-state index contributed by atoms with van der Waals surface area (Å²) >= 11 is 0. The molecule has 0 aliphatic carbocycles. The number of anilines is 1. The van der Waals surface area contributed by atoms with Crippen LogP contribution < -0.4 is 9.62 Å². The smallest absolute Gasteiger partial charge is 0.264 e. The van der Waals surface area contributed by atoms with Crippen LogP contribution in [0.15, 0.2) is 121 Å². The van der Waals surface area contributed by atoms with E-state index in [1.807, 2.05) is 72.3 Å². The van der Waals surface area contributed by atoms with Crippen LogP contribution in [0.3, 0.4) is 0 Å². The zero-order chi connectivity index (χ0) is 30.2. The van der Waals surface area contributed by atoms with Crippen molar-refractivity contribution >= 4 is 38.3 Å². The molecule has 220 valence electrons. The number of sulfonamides is 1. The van der Waals surface area contributed by atoms with E-state index in [2.05, 4.69) is 21.8 Å². The predicted octanol–water partition coefficient (Wildman–Crippen LogP) is 5.58. The number of para-hydroxylation sites is 1. The molecule has 2 amide bonds. The first-order chi connectivity index (χ1) is 20.8. The molecule has 5 aromatic rings. The van der Waals surface area contributed by atoms with Crippen LogP contribution in [0.1, 0.15) is 30.9 Å². The van der Waals surface area contributed by atoms with Gasteiger partial charge in [0.2, 0.25) is 11.8 Å². The maximum Gasteiger partial charge on any atom is 0.264 e. The molecular formula is C34H34N4O4S. The van der Waals surface area contributed by atoms with E-state index >= 15 is 0 Å². The maximum atomic E-state index is 13.8. The van der Waals surface area contributed by atoms with E-state index in [0.29, 0.717) is 25.1 Å².